The van der Waals surface area contributed by atoms with Gasteiger partial charge >= 0.3 is 0 Å². The van der Waals surface area contributed by atoms with Crippen molar-refractivity contribution < 1.29 is 0 Å². The van der Waals surface area contributed by atoms with Crippen LogP contribution in [0.5, 0.6) is 0 Å². The molecule has 0 amide bonds. The second-order valence-corrected chi connectivity index (χ2v) is 6.87. The van der Waals surface area contributed by atoms with E-state index in [1.165, 1.54) is 71.0 Å². The first-order valence-corrected chi connectivity index (χ1v) is 8.18. The van der Waals surface area contributed by atoms with Gasteiger partial charge in [-0.2, -0.15) is 0 Å². The lowest BCUT2D eigenvalue weighted by molar-refractivity contribution is 0.257. The highest BCUT2D eigenvalue weighted by Crippen LogP contribution is 2.31. The van der Waals surface area contributed by atoms with Crippen molar-refractivity contribution in [2.45, 2.75) is 71.3 Å². The van der Waals surface area contributed by atoms with Gasteiger partial charge in [-0.3, -0.25) is 0 Å². The molecule has 0 aromatic rings. The highest BCUT2D eigenvalue weighted by molar-refractivity contribution is 4.90. The van der Waals surface area contributed by atoms with Crippen LogP contribution in [0.3, 0.4) is 0 Å². The fourth-order valence-corrected chi connectivity index (χ4v) is 3.83. The van der Waals surface area contributed by atoms with Crippen molar-refractivity contribution in [1.82, 2.24) is 10.6 Å². The van der Waals surface area contributed by atoms with Gasteiger partial charge in [0.2, 0.25) is 0 Å². The molecule has 1 aliphatic heterocycles. The second-order valence-electron chi connectivity index (χ2n) is 6.87. The number of rotatable bonds is 5. The van der Waals surface area contributed by atoms with Gasteiger partial charge in [-0.1, -0.05) is 33.1 Å². The molecule has 2 N–H and O–H groups in total. The van der Waals surface area contributed by atoms with E-state index in [9.17, 15) is 0 Å². The van der Waals surface area contributed by atoms with Gasteiger partial charge in [0.15, 0.2) is 0 Å². The van der Waals surface area contributed by atoms with Crippen LogP contribution in [0, 0.1) is 11.3 Å². The number of hydrogen-bond acceptors (Lipinski definition) is 2. The second kappa shape index (κ2) is 6.91. The Balaban J connectivity index is 1.78. The predicted octanol–water partition coefficient (Wildman–Crippen LogP) is 3.32. The SMILES string of the molecule is CCCC1(CNC2CCCC(C)CC2)CCNC1. The summed E-state index contributed by atoms with van der Waals surface area (Å²) in [6.45, 7) is 8.45. The zero-order valence-electron chi connectivity index (χ0n) is 12.4. The quantitative estimate of drug-likeness (QED) is 0.734. The molecule has 1 saturated carbocycles. The average molecular weight is 252 g/mol. The Morgan fingerprint density at radius 3 is 2.83 bits per heavy atom. The largest absolute Gasteiger partial charge is 0.316 e. The molecule has 2 nitrogen and oxygen atoms in total. The maximum Gasteiger partial charge on any atom is 0.00674 e. The molecule has 2 heteroatoms. The maximum absolute atomic E-state index is 3.91. The highest BCUT2D eigenvalue weighted by Gasteiger charge is 2.33. The molecule has 106 valence electrons. The molecular formula is C16H32N2. The van der Waals surface area contributed by atoms with Crippen LogP contribution in [0.15, 0.2) is 0 Å². The number of hydrogen-bond donors (Lipinski definition) is 2. The zero-order chi connectivity index (χ0) is 12.8. The topological polar surface area (TPSA) is 24.1 Å². The Kier molecular flexibility index (Phi) is 5.50. The lowest BCUT2D eigenvalue weighted by Gasteiger charge is -2.30. The van der Waals surface area contributed by atoms with E-state index in [1.807, 2.05) is 0 Å². The van der Waals surface area contributed by atoms with E-state index in [1.54, 1.807) is 0 Å². The van der Waals surface area contributed by atoms with Crippen LogP contribution in [0.4, 0.5) is 0 Å². The van der Waals surface area contributed by atoms with Crippen LogP contribution >= 0.6 is 0 Å². The molecule has 2 aliphatic rings. The average Bonchev–Trinajstić information content (AvgIpc) is 2.71. The predicted molar refractivity (Wildman–Crippen MR) is 78.9 cm³/mol. The Hall–Kier alpha value is -0.0800. The van der Waals surface area contributed by atoms with Gasteiger partial charge in [0.1, 0.15) is 0 Å². The molecule has 1 aliphatic carbocycles. The van der Waals surface area contributed by atoms with Crippen LogP contribution in [-0.2, 0) is 0 Å². The van der Waals surface area contributed by atoms with Crippen molar-refractivity contribution in [3.63, 3.8) is 0 Å². The Bertz CT molecular complexity index is 233. The summed E-state index contributed by atoms with van der Waals surface area (Å²) >= 11 is 0. The monoisotopic (exact) mass is 252 g/mol. The van der Waals surface area contributed by atoms with Crippen molar-refractivity contribution in [3.05, 3.63) is 0 Å². The van der Waals surface area contributed by atoms with Gasteiger partial charge in [-0.25, -0.2) is 0 Å². The molecule has 2 fully saturated rings. The summed E-state index contributed by atoms with van der Waals surface area (Å²) in [5.41, 5.74) is 0.562. The summed E-state index contributed by atoms with van der Waals surface area (Å²) in [4.78, 5) is 0. The Labute approximate surface area is 113 Å². The Morgan fingerprint density at radius 1 is 1.22 bits per heavy atom. The van der Waals surface area contributed by atoms with Gasteiger partial charge in [0.25, 0.3) is 0 Å². The third-order valence-corrected chi connectivity index (χ3v) is 5.14. The standard InChI is InChI=1S/C16H32N2/c1-3-9-16(10-11-17-12-16)13-18-15-6-4-5-14(2)7-8-15/h14-15,17-18H,3-13H2,1-2H3. The van der Waals surface area contributed by atoms with E-state index in [4.69, 9.17) is 0 Å². The minimum atomic E-state index is 0.562. The summed E-state index contributed by atoms with van der Waals surface area (Å²) in [7, 11) is 0. The first-order chi connectivity index (χ1) is 8.74. The summed E-state index contributed by atoms with van der Waals surface area (Å²) in [5.74, 6) is 0.953. The van der Waals surface area contributed by atoms with Crippen LogP contribution in [0.2, 0.25) is 0 Å². The summed E-state index contributed by atoms with van der Waals surface area (Å²) in [6, 6.07) is 0.796. The van der Waals surface area contributed by atoms with Gasteiger partial charge in [0.05, 0.1) is 0 Å². The molecule has 1 saturated heterocycles. The molecule has 3 unspecified atom stereocenters. The normalized spacial score (nSPS) is 37.7. The van der Waals surface area contributed by atoms with Gasteiger partial charge in [0, 0.05) is 19.1 Å². The fourth-order valence-electron chi connectivity index (χ4n) is 3.83. The molecule has 2 rings (SSSR count). The van der Waals surface area contributed by atoms with Crippen molar-refractivity contribution >= 4 is 0 Å². The van der Waals surface area contributed by atoms with E-state index in [0.29, 0.717) is 5.41 Å². The minimum absolute atomic E-state index is 0.562. The zero-order valence-corrected chi connectivity index (χ0v) is 12.4. The van der Waals surface area contributed by atoms with Gasteiger partial charge < -0.3 is 10.6 Å². The van der Waals surface area contributed by atoms with E-state index in [-0.39, 0.29) is 0 Å². The molecule has 0 radical (unpaired) electrons. The summed E-state index contributed by atoms with van der Waals surface area (Å²) in [6.07, 6.45) is 11.2. The lowest BCUT2D eigenvalue weighted by Crippen LogP contribution is -2.41. The number of nitrogens with one attached hydrogen (secondary N) is 2. The van der Waals surface area contributed by atoms with E-state index in [2.05, 4.69) is 24.5 Å². The molecule has 0 bridgehead atoms. The van der Waals surface area contributed by atoms with E-state index >= 15 is 0 Å². The smallest absolute Gasteiger partial charge is 0.00674 e. The highest BCUT2D eigenvalue weighted by atomic mass is 15.0. The molecular weight excluding hydrogens is 220 g/mol. The van der Waals surface area contributed by atoms with Crippen molar-refractivity contribution in [3.8, 4) is 0 Å². The summed E-state index contributed by atoms with van der Waals surface area (Å²) in [5, 5.41) is 7.47. The third-order valence-electron chi connectivity index (χ3n) is 5.14. The molecule has 18 heavy (non-hydrogen) atoms. The third kappa shape index (κ3) is 3.96. The molecule has 1 heterocycles. The lowest BCUT2D eigenvalue weighted by atomic mass is 9.82. The molecule has 0 aromatic heterocycles. The van der Waals surface area contributed by atoms with Crippen LogP contribution in [0.1, 0.15) is 65.2 Å². The van der Waals surface area contributed by atoms with Crippen molar-refractivity contribution in [1.29, 1.82) is 0 Å². The van der Waals surface area contributed by atoms with Crippen molar-refractivity contribution in [2.24, 2.45) is 11.3 Å². The summed E-state index contributed by atoms with van der Waals surface area (Å²) < 4.78 is 0. The molecule has 3 atom stereocenters. The van der Waals surface area contributed by atoms with Crippen LogP contribution in [0.25, 0.3) is 0 Å². The van der Waals surface area contributed by atoms with Gasteiger partial charge in [-0.15, -0.1) is 0 Å². The fraction of sp³-hybridized carbons (Fsp3) is 1.00. The van der Waals surface area contributed by atoms with E-state index < -0.39 is 0 Å². The molecule has 0 spiro atoms. The van der Waals surface area contributed by atoms with Crippen molar-refractivity contribution in [2.75, 3.05) is 19.6 Å². The van der Waals surface area contributed by atoms with Crippen LogP contribution in [-0.4, -0.2) is 25.7 Å². The molecule has 0 aromatic carbocycles. The maximum atomic E-state index is 3.91. The van der Waals surface area contributed by atoms with E-state index in [0.717, 1.165) is 12.0 Å². The van der Waals surface area contributed by atoms with Crippen LogP contribution < -0.4 is 10.6 Å². The minimum Gasteiger partial charge on any atom is -0.316 e. The first kappa shape index (κ1) is 14.3. The van der Waals surface area contributed by atoms with Gasteiger partial charge in [-0.05, 0) is 50.0 Å². The Morgan fingerprint density at radius 2 is 2.11 bits per heavy atom. The first-order valence-electron chi connectivity index (χ1n) is 8.18.